The average molecular weight is 255 g/mol. The molecule has 1 heterocycles. The lowest BCUT2D eigenvalue weighted by atomic mass is 10.1. The number of hydrogen-bond donors (Lipinski definition) is 2. The molecule has 0 saturated heterocycles. The molecule has 0 aliphatic carbocycles. The Kier molecular flexibility index (Phi) is 2.59. The number of hydrogen-bond acceptors (Lipinski definition) is 4. The Hall–Kier alpha value is -2.56. The Balaban J connectivity index is 2.21. The quantitative estimate of drug-likeness (QED) is 0.737. The van der Waals surface area contributed by atoms with Gasteiger partial charge in [0.25, 0.3) is 0 Å². The largest absolute Gasteiger partial charge is 0.508 e. The van der Waals surface area contributed by atoms with Crippen LogP contribution < -0.4 is 0 Å². The van der Waals surface area contributed by atoms with Crippen LogP contribution in [0.2, 0.25) is 0 Å². The molecule has 5 heteroatoms. The van der Waals surface area contributed by atoms with Gasteiger partial charge in [-0.05, 0) is 30.7 Å². The second kappa shape index (κ2) is 4.28. The van der Waals surface area contributed by atoms with Gasteiger partial charge in [0.15, 0.2) is 0 Å². The van der Waals surface area contributed by atoms with Crippen molar-refractivity contribution >= 4 is 11.0 Å². The minimum absolute atomic E-state index is 0.0165. The number of nitrogens with zero attached hydrogens (tertiary/aromatic N) is 3. The summed E-state index contributed by atoms with van der Waals surface area (Å²) in [5.74, 6) is 0.100. The summed E-state index contributed by atoms with van der Waals surface area (Å²) in [5.41, 5.74) is 2.48. The van der Waals surface area contributed by atoms with Crippen molar-refractivity contribution in [3.05, 3.63) is 42.0 Å². The smallest absolute Gasteiger partial charge is 0.149 e. The molecule has 2 aromatic carbocycles. The maximum Gasteiger partial charge on any atom is 0.149 e. The Labute approximate surface area is 109 Å². The summed E-state index contributed by atoms with van der Waals surface area (Å²) in [6, 6.07) is 10.6. The van der Waals surface area contributed by atoms with E-state index < -0.39 is 0 Å². The van der Waals surface area contributed by atoms with Crippen LogP contribution in [0.5, 0.6) is 11.5 Å². The van der Waals surface area contributed by atoms with Gasteiger partial charge < -0.3 is 10.2 Å². The molecular weight excluding hydrogens is 242 g/mol. The summed E-state index contributed by atoms with van der Waals surface area (Å²) in [6.07, 6.45) is 0.534. The summed E-state index contributed by atoms with van der Waals surface area (Å²) in [7, 11) is 0. The summed E-state index contributed by atoms with van der Waals surface area (Å²) < 4.78 is 0. The van der Waals surface area contributed by atoms with Gasteiger partial charge in [-0.25, -0.2) is 0 Å². The number of phenols is 2. The van der Waals surface area contributed by atoms with Crippen molar-refractivity contribution in [2.24, 2.45) is 0 Å². The van der Waals surface area contributed by atoms with E-state index in [0.717, 1.165) is 11.0 Å². The number of benzene rings is 2. The molecule has 0 aliphatic rings. The van der Waals surface area contributed by atoms with Crippen LogP contribution in [-0.4, -0.2) is 25.2 Å². The van der Waals surface area contributed by atoms with Crippen LogP contribution in [-0.2, 0) is 6.42 Å². The normalized spacial score (nSPS) is 11.0. The maximum atomic E-state index is 10.2. The number of phenolic OH excluding ortho intramolecular Hbond substituents is 2. The van der Waals surface area contributed by atoms with Crippen LogP contribution in [0.1, 0.15) is 12.5 Å². The summed E-state index contributed by atoms with van der Waals surface area (Å²) in [5, 5.41) is 28.5. The minimum Gasteiger partial charge on any atom is -0.508 e. The van der Waals surface area contributed by atoms with E-state index in [0.29, 0.717) is 17.7 Å². The molecular formula is C14H13N3O2. The highest BCUT2D eigenvalue weighted by Gasteiger charge is 2.14. The van der Waals surface area contributed by atoms with E-state index in [4.69, 9.17) is 0 Å². The minimum atomic E-state index is 0.0165. The fourth-order valence-electron chi connectivity index (χ4n) is 2.09. The standard InChI is InChI=1S/C14H13N3O2/c1-2-9-13(18)8-7-12(14(9)19)17-15-10-5-3-4-6-11(10)16-17/h3-8,18-19H,2H2,1H3. The molecule has 0 amide bonds. The van der Waals surface area contributed by atoms with Gasteiger partial charge in [-0.2, -0.15) is 0 Å². The molecule has 5 nitrogen and oxygen atoms in total. The SMILES string of the molecule is CCc1c(O)ccc(-n2nc3ccccc3n2)c1O. The third kappa shape index (κ3) is 1.79. The van der Waals surface area contributed by atoms with E-state index in [-0.39, 0.29) is 11.5 Å². The van der Waals surface area contributed by atoms with Crippen LogP contribution in [0.3, 0.4) is 0 Å². The number of aromatic nitrogens is 3. The van der Waals surface area contributed by atoms with Crippen LogP contribution in [0.15, 0.2) is 36.4 Å². The molecule has 1 aromatic heterocycles. The van der Waals surface area contributed by atoms with Crippen molar-refractivity contribution in [1.82, 2.24) is 15.0 Å². The monoisotopic (exact) mass is 255 g/mol. The predicted molar refractivity (Wildman–Crippen MR) is 71.6 cm³/mol. The molecule has 0 atom stereocenters. The van der Waals surface area contributed by atoms with E-state index in [1.165, 1.54) is 4.80 Å². The molecule has 96 valence electrons. The topological polar surface area (TPSA) is 71.2 Å². The molecule has 2 N–H and O–H groups in total. The Morgan fingerprint density at radius 2 is 1.63 bits per heavy atom. The Bertz CT molecular complexity index is 717. The molecule has 0 aliphatic heterocycles. The zero-order valence-corrected chi connectivity index (χ0v) is 10.4. The lowest BCUT2D eigenvalue weighted by molar-refractivity contribution is 0.435. The van der Waals surface area contributed by atoms with Crippen LogP contribution in [0, 0.1) is 0 Å². The van der Waals surface area contributed by atoms with Crippen LogP contribution >= 0.6 is 0 Å². The van der Waals surface area contributed by atoms with Gasteiger partial charge >= 0.3 is 0 Å². The van der Waals surface area contributed by atoms with E-state index in [1.54, 1.807) is 12.1 Å². The second-order valence-corrected chi connectivity index (χ2v) is 4.26. The molecule has 3 aromatic rings. The van der Waals surface area contributed by atoms with E-state index in [9.17, 15) is 10.2 Å². The average Bonchev–Trinajstić information content (AvgIpc) is 2.82. The van der Waals surface area contributed by atoms with Gasteiger partial charge in [0.05, 0.1) is 0 Å². The first-order chi connectivity index (χ1) is 9.20. The van der Waals surface area contributed by atoms with Gasteiger partial charge in [-0.3, -0.25) is 0 Å². The molecule has 0 spiro atoms. The van der Waals surface area contributed by atoms with Crippen molar-refractivity contribution in [2.75, 3.05) is 0 Å². The first-order valence-corrected chi connectivity index (χ1v) is 6.07. The zero-order chi connectivity index (χ0) is 13.4. The molecule has 0 fully saturated rings. The molecule has 0 unspecified atom stereocenters. The third-order valence-electron chi connectivity index (χ3n) is 3.09. The van der Waals surface area contributed by atoms with Gasteiger partial charge in [0.1, 0.15) is 28.2 Å². The van der Waals surface area contributed by atoms with E-state index in [1.807, 2.05) is 31.2 Å². The van der Waals surface area contributed by atoms with Crippen LogP contribution in [0.4, 0.5) is 0 Å². The van der Waals surface area contributed by atoms with Crippen molar-refractivity contribution in [2.45, 2.75) is 13.3 Å². The third-order valence-corrected chi connectivity index (χ3v) is 3.09. The summed E-state index contributed by atoms with van der Waals surface area (Å²) in [4.78, 5) is 1.39. The molecule has 0 saturated carbocycles. The van der Waals surface area contributed by atoms with Crippen molar-refractivity contribution < 1.29 is 10.2 Å². The summed E-state index contributed by atoms with van der Waals surface area (Å²) in [6.45, 7) is 1.87. The first-order valence-electron chi connectivity index (χ1n) is 6.07. The first kappa shape index (κ1) is 11.5. The Morgan fingerprint density at radius 1 is 1.00 bits per heavy atom. The number of rotatable bonds is 2. The lowest BCUT2D eigenvalue weighted by Crippen LogP contribution is -2.00. The molecule has 3 rings (SSSR count). The molecule has 19 heavy (non-hydrogen) atoms. The zero-order valence-electron chi connectivity index (χ0n) is 10.4. The number of fused-ring (bicyclic) bond motifs is 1. The van der Waals surface area contributed by atoms with Gasteiger partial charge in [0.2, 0.25) is 0 Å². The highest BCUT2D eigenvalue weighted by Crippen LogP contribution is 2.32. The van der Waals surface area contributed by atoms with Gasteiger partial charge in [-0.1, -0.05) is 19.1 Å². The lowest BCUT2D eigenvalue weighted by Gasteiger charge is -2.09. The summed E-state index contributed by atoms with van der Waals surface area (Å²) >= 11 is 0. The van der Waals surface area contributed by atoms with E-state index in [2.05, 4.69) is 10.2 Å². The Morgan fingerprint density at radius 3 is 2.21 bits per heavy atom. The highest BCUT2D eigenvalue weighted by molar-refractivity contribution is 5.73. The fraction of sp³-hybridized carbons (Fsp3) is 0.143. The second-order valence-electron chi connectivity index (χ2n) is 4.26. The maximum absolute atomic E-state index is 10.2. The molecule has 0 bridgehead atoms. The van der Waals surface area contributed by atoms with E-state index >= 15 is 0 Å². The van der Waals surface area contributed by atoms with Gasteiger partial charge in [-0.15, -0.1) is 15.0 Å². The van der Waals surface area contributed by atoms with Crippen molar-refractivity contribution in [3.8, 4) is 17.2 Å². The highest BCUT2D eigenvalue weighted by atomic mass is 16.3. The predicted octanol–water partition coefficient (Wildman–Crippen LogP) is 2.39. The number of aromatic hydroxyl groups is 2. The fourth-order valence-corrected chi connectivity index (χ4v) is 2.09. The van der Waals surface area contributed by atoms with Gasteiger partial charge in [0, 0.05) is 5.56 Å². The van der Waals surface area contributed by atoms with Crippen molar-refractivity contribution in [3.63, 3.8) is 0 Å². The molecule has 0 radical (unpaired) electrons. The van der Waals surface area contributed by atoms with Crippen LogP contribution in [0.25, 0.3) is 16.7 Å². The van der Waals surface area contributed by atoms with Crippen molar-refractivity contribution in [1.29, 1.82) is 0 Å².